The van der Waals surface area contributed by atoms with Gasteiger partial charge in [0.25, 0.3) is 5.91 Å². The molecule has 0 radical (unpaired) electrons. The summed E-state index contributed by atoms with van der Waals surface area (Å²) in [5.74, 6) is 0.788. The van der Waals surface area contributed by atoms with Gasteiger partial charge < -0.3 is 9.64 Å². The third-order valence-electron chi connectivity index (χ3n) is 2.98. The van der Waals surface area contributed by atoms with Gasteiger partial charge in [-0.2, -0.15) is 0 Å². The molecule has 1 aromatic carbocycles. The smallest absolute Gasteiger partial charge is 0.260 e. The van der Waals surface area contributed by atoms with E-state index in [0.717, 1.165) is 28.6 Å². The van der Waals surface area contributed by atoms with Crippen molar-refractivity contribution in [3.05, 3.63) is 28.2 Å². The van der Waals surface area contributed by atoms with Gasteiger partial charge in [-0.15, -0.1) is 0 Å². The lowest BCUT2D eigenvalue weighted by Gasteiger charge is -2.16. The van der Waals surface area contributed by atoms with E-state index in [-0.39, 0.29) is 12.5 Å². The summed E-state index contributed by atoms with van der Waals surface area (Å²) in [7, 11) is 1.84. The van der Waals surface area contributed by atoms with E-state index in [1.807, 2.05) is 32.2 Å². The predicted molar refractivity (Wildman–Crippen MR) is 70.2 cm³/mol. The van der Waals surface area contributed by atoms with Crippen LogP contribution >= 0.6 is 15.9 Å². The number of amides is 1. The van der Waals surface area contributed by atoms with E-state index >= 15 is 0 Å². The number of rotatable bonds is 4. The van der Waals surface area contributed by atoms with Crippen molar-refractivity contribution >= 4 is 21.8 Å². The lowest BCUT2D eigenvalue weighted by atomic mass is 10.2. The fraction of sp³-hybridized carbons (Fsp3) is 0.462. The van der Waals surface area contributed by atoms with Crippen molar-refractivity contribution in [2.45, 2.75) is 25.8 Å². The third kappa shape index (κ3) is 3.22. The maximum Gasteiger partial charge on any atom is 0.260 e. The molecule has 0 saturated heterocycles. The van der Waals surface area contributed by atoms with Crippen LogP contribution in [-0.4, -0.2) is 30.5 Å². The molecule has 17 heavy (non-hydrogen) atoms. The van der Waals surface area contributed by atoms with Gasteiger partial charge in [0.1, 0.15) is 5.75 Å². The SMILES string of the molecule is Cc1cc(OCC(=O)N(C)C2CC2)ccc1Br. The first-order chi connectivity index (χ1) is 8.08. The minimum atomic E-state index is 0.0491. The molecule has 1 fully saturated rings. The third-order valence-corrected chi connectivity index (χ3v) is 3.87. The summed E-state index contributed by atoms with van der Waals surface area (Å²) in [6.07, 6.45) is 2.25. The van der Waals surface area contributed by atoms with Crippen LogP contribution in [0.15, 0.2) is 22.7 Å². The van der Waals surface area contributed by atoms with Crippen molar-refractivity contribution in [3.8, 4) is 5.75 Å². The van der Waals surface area contributed by atoms with Gasteiger partial charge in [0.2, 0.25) is 0 Å². The van der Waals surface area contributed by atoms with Crippen LogP contribution in [0, 0.1) is 6.92 Å². The largest absolute Gasteiger partial charge is 0.484 e. The Morgan fingerprint density at radius 1 is 1.53 bits per heavy atom. The van der Waals surface area contributed by atoms with Crippen LogP contribution in [-0.2, 0) is 4.79 Å². The molecule has 0 aromatic heterocycles. The lowest BCUT2D eigenvalue weighted by Crippen LogP contribution is -2.33. The fourth-order valence-corrected chi connectivity index (χ4v) is 1.87. The zero-order valence-corrected chi connectivity index (χ0v) is 11.7. The lowest BCUT2D eigenvalue weighted by molar-refractivity contribution is -0.132. The molecule has 1 saturated carbocycles. The monoisotopic (exact) mass is 297 g/mol. The second-order valence-electron chi connectivity index (χ2n) is 4.44. The normalized spacial score (nSPS) is 14.5. The highest BCUT2D eigenvalue weighted by Crippen LogP contribution is 2.25. The van der Waals surface area contributed by atoms with Crippen molar-refractivity contribution in [2.75, 3.05) is 13.7 Å². The van der Waals surface area contributed by atoms with Crippen molar-refractivity contribution in [1.82, 2.24) is 4.90 Å². The number of benzene rings is 1. The number of hydrogen-bond donors (Lipinski definition) is 0. The molecule has 1 aromatic rings. The highest BCUT2D eigenvalue weighted by molar-refractivity contribution is 9.10. The molecule has 1 amide bonds. The maximum atomic E-state index is 11.7. The quantitative estimate of drug-likeness (QED) is 0.855. The standard InChI is InChI=1S/C13H16BrNO2/c1-9-7-11(5-6-12(9)14)17-8-13(16)15(2)10-3-4-10/h5-7,10H,3-4,8H2,1-2H3. The number of ether oxygens (including phenoxy) is 1. The van der Waals surface area contributed by atoms with E-state index in [4.69, 9.17) is 4.74 Å². The summed E-state index contributed by atoms with van der Waals surface area (Å²) >= 11 is 3.43. The summed E-state index contributed by atoms with van der Waals surface area (Å²) in [5.41, 5.74) is 1.10. The van der Waals surface area contributed by atoms with Gasteiger partial charge in [0.05, 0.1) is 0 Å². The van der Waals surface area contributed by atoms with Gasteiger partial charge in [-0.3, -0.25) is 4.79 Å². The topological polar surface area (TPSA) is 29.5 Å². The van der Waals surface area contributed by atoms with Crippen LogP contribution in [0.25, 0.3) is 0 Å². The van der Waals surface area contributed by atoms with Crippen molar-refractivity contribution in [2.24, 2.45) is 0 Å². The summed E-state index contributed by atoms with van der Waals surface area (Å²) < 4.78 is 6.54. The number of halogens is 1. The maximum absolute atomic E-state index is 11.7. The predicted octanol–water partition coefficient (Wildman–Crippen LogP) is 2.76. The molecule has 0 unspecified atom stereocenters. The molecule has 1 aliphatic carbocycles. The average Bonchev–Trinajstić information content (AvgIpc) is 3.13. The molecule has 0 bridgehead atoms. The fourth-order valence-electron chi connectivity index (χ4n) is 1.62. The zero-order chi connectivity index (χ0) is 12.4. The van der Waals surface area contributed by atoms with Gasteiger partial charge in [0, 0.05) is 17.6 Å². The molecule has 3 nitrogen and oxygen atoms in total. The molecule has 92 valence electrons. The van der Waals surface area contributed by atoms with Crippen molar-refractivity contribution < 1.29 is 9.53 Å². The second-order valence-corrected chi connectivity index (χ2v) is 5.29. The molecule has 4 heteroatoms. The summed E-state index contributed by atoms with van der Waals surface area (Å²) in [6.45, 7) is 2.11. The molecule has 1 aliphatic rings. The highest BCUT2D eigenvalue weighted by atomic mass is 79.9. The first kappa shape index (κ1) is 12.4. The minimum Gasteiger partial charge on any atom is -0.484 e. The summed E-state index contributed by atoms with van der Waals surface area (Å²) in [5, 5.41) is 0. The molecule has 0 heterocycles. The van der Waals surface area contributed by atoms with E-state index in [1.54, 1.807) is 4.90 Å². The van der Waals surface area contributed by atoms with Gasteiger partial charge in [-0.1, -0.05) is 15.9 Å². The van der Waals surface area contributed by atoms with Crippen LogP contribution in [0.5, 0.6) is 5.75 Å². The molecular weight excluding hydrogens is 282 g/mol. The van der Waals surface area contributed by atoms with E-state index < -0.39 is 0 Å². The average molecular weight is 298 g/mol. The van der Waals surface area contributed by atoms with Crippen LogP contribution in [0.2, 0.25) is 0 Å². The first-order valence-corrected chi connectivity index (χ1v) is 6.52. The minimum absolute atomic E-state index is 0.0491. The Balaban J connectivity index is 1.88. The molecule has 0 atom stereocenters. The molecule has 2 rings (SSSR count). The number of hydrogen-bond acceptors (Lipinski definition) is 2. The van der Waals surface area contributed by atoms with Gasteiger partial charge in [-0.05, 0) is 43.5 Å². The Labute approximate surface area is 110 Å². The highest BCUT2D eigenvalue weighted by Gasteiger charge is 2.29. The summed E-state index contributed by atoms with van der Waals surface area (Å²) in [4.78, 5) is 13.5. The first-order valence-electron chi connectivity index (χ1n) is 5.72. The Bertz CT molecular complexity index is 429. The zero-order valence-electron chi connectivity index (χ0n) is 10.1. The molecule has 0 aliphatic heterocycles. The van der Waals surface area contributed by atoms with E-state index in [2.05, 4.69) is 15.9 Å². The van der Waals surface area contributed by atoms with Gasteiger partial charge in [0.15, 0.2) is 6.61 Å². The van der Waals surface area contributed by atoms with Crippen LogP contribution in [0.3, 0.4) is 0 Å². The van der Waals surface area contributed by atoms with E-state index in [9.17, 15) is 4.79 Å². The molecule has 0 N–H and O–H groups in total. The summed E-state index contributed by atoms with van der Waals surface area (Å²) in [6, 6.07) is 6.16. The Morgan fingerprint density at radius 3 is 2.82 bits per heavy atom. The van der Waals surface area contributed by atoms with Gasteiger partial charge in [-0.25, -0.2) is 0 Å². The number of carbonyl (C=O) groups is 1. The number of nitrogens with zero attached hydrogens (tertiary/aromatic N) is 1. The van der Waals surface area contributed by atoms with Crippen LogP contribution < -0.4 is 4.74 Å². The Hall–Kier alpha value is -1.03. The van der Waals surface area contributed by atoms with Crippen LogP contribution in [0.1, 0.15) is 18.4 Å². The van der Waals surface area contributed by atoms with E-state index in [0.29, 0.717) is 6.04 Å². The number of aryl methyl sites for hydroxylation is 1. The van der Waals surface area contributed by atoms with Crippen molar-refractivity contribution in [3.63, 3.8) is 0 Å². The number of likely N-dealkylation sites (N-methyl/N-ethyl adjacent to an activating group) is 1. The van der Waals surface area contributed by atoms with Crippen molar-refractivity contribution in [1.29, 1.82) is 0 Å². The second kappa shape index (κ2) is 5.08. The molecular formula is C13H16BrNO2. The van der Waals surface area contributed by atoms with Crippen LogP contribution in [0.4, 0.5) is 0 Å². The molecule has 0 spiro atoms. The van der Waals surface area contributed by atoms with E-state index in [1.165, 1.54) is 0 Å². The Kier molecular flexibility index (Phi) is 3.72. The number of carbonyl (C=O) groups excluding carboxylic acids is 1. The Morgan fingerprint density at radius 2 is 2.24 bits per heavy atom. The van der Waals surface area contributed by atoms with Gasteiger partial charge >= 0.3 is 0 Å².